The zero-order valence-corrected chi connectivity index (χ0v) is 13.1. The molecule has 1 aromatic rings. The van der Waals surface area contributed by atoms with Crippen molar-refractivity contribution in [3.8, 4) is 5.88 Å². The van der Waals surface area contributed by atoms with E-state index in [0.29, 0.717) is 18.8 Å². The van der Waals surface area contributed by atoms with E-state index in [9.17, 15) is 4.79 Å². The molecule has 0 spiro atoms. The van der Waals surface area contributed by atoms with Gasteiger partial charge in [-0.1, -0.05) is 32.1 Å². The topological polar surface area (TPSA) is 55.3 Å². The third kappa shape index (κ3) is 4.18. The van der Waals surface area contributed by atoms with Crippen molar-refractivity contribution < 1.29 is 9.53 Å². The highest BCUT2D eigenvalue weighted by atomic mass is 16.5. The summed E-state index contributed by atoms with van der Waals surface area (Å²) in [7, 11) is 0. The van der Waals surface area contributed by atoms with Gasteiger partial charge in [0.15, 0.2) is 0 Å². The van der Waals surface area contributed by atoms with Crippen molar-refractivity contribution in [3.05, 3.63) is 18.3 Å². The van der Waals surface area contributed by atoms with E-state index in [1.165, 1.54) is 32.1 Å². The van der Waals surface area contributed by atoms with Gasteiger partial charge < -0.3 is 9.64 Å². The summed E-state index contributed by atoms with van der Waals surface area (Å²) in [6, 6.07) is 3.62. The van der Waals surface area contributed by atoms with Gasteiger partial charge in [0.05, 0.1) is 6.54 Å². The Morgan fingerprint density at radius 3 is 2.91 bits per heavy atom. The minimum Gasteiger partial charge on any atom is -0.471 e. The Kier molecular flexibility index (Phi) is 5.24. The number of amides is 1. The molecule has 3 rings (SSSR count). The lowest BCUT2D eigenvalue weighted by molar-refractivity contribution is -0.130. The van der Waals surface area contributed by atoms with Crippen molar-refractivity contribution >= 4 is 5.91 Å². The minimum atomic E-state index is 0.0512. The number of carbonyl (C=O) groups is 1. The van der Waals surface area contributed by atoms with Gasteiger partial charge in [-0.2, -0.15) is 5.10 Å². The average Bonchev–Trinajstić information content (AvgIpc) is 3.03. The maximum atomic E-state index is 12.3. The van der Waals surface area contributed by atoms with E-state index in [1.807, 2.05) is 11.0 Å². The summed E-state index contributed by atoms with van der Waals surface area (Å²) < 4.78 is 5.78. The molecular formula is C17H25N3O2. The molecule has 1 atom stereocenters. The van der Waals surface area contributed by atoms with E-state index >= 15 is 0 Å². The Morgan fingerprint density at radius 2 is 2.14 bits per heavy atom. The van der Waals surface area contributed by atoms with E-state index in [1.54, 1.807) is 12.3 Å². The average molecular weight is 303 g/mol. The normalized spacial score (nSPS) is 22.7. The first-order valence-electron chi connectivity index (χ1n) is 8.53. The molecule has 5 heteroatoms. The zero-order chi connectivity index (χ0) is 15.2. The summed E-state index contributed by atoms with van der Waals surface area (Å²) in [5.41, 5.74) is 0. The molecule has 1 aromatic heterocycles. The molecule has 120 valence electrons. The monoisotopic (exact) mass is 303 g/mol. The Hall–Kier alpha value is -1.65. The van der Waals surface area contributed by atoms with Gasteiger partial charge in [-0.05, 0) is 18.4 Å². The van der Waals surface area contributed by atoms with Crippen LogP contribution in [0.15, 0.2) is 18.3 Å². The van der Waals surface area contributed by atoms with E-state index in [0.717, 1.165) is 25.3 Å². The van der Waals surface area contributed by atoms with Crippen molar-refractivity contribution in [2.75, 3.05) is 13.1 Å². The number of hydrogen-bond donors (Lipinski definition) is 0. The van der Waals surface area contributed by atoms with Crippen LogP contribution in [0.2, 0.25) is 0 Å². The first-order chi connectivity index (χ1) is 10.8. The van der Waals surface area contributed by atoms with Gasteiger partial charge in [0.2, 0.25) is 11.8 Å². The minimum absolute atomic E-state index is 0.0512. The van der Waals surface area contributed by atoms with E-state index < -0.39 is 0 Å². The Labute approximate surface area is 132 Å². The van der Waals surface area contributed by atoms with Crippen molar-refractivity contribution in [1.29, 1.82) is 0 Å². The fourth-order valence-electron chi connectivity index (χ4n) is 3.53. The second kappa shape index (κ2) is 7.56. The van der Waals surface area contributed by atoms with Gasteiger partial charge in [-0.25, -0.2) is 0 Å². The van der Waals surface area contributed by atoms with Crippen molar-refractivity contribution in [2.24, 2.45) is 5.92 Å². The van der Waals surface area contributed by atoms with Gasteiger partial charge in [-0.3, -0.25) is 4.79 Å². The Morgan fingerprint density at radius 1 is 1.27 bits per heavy atom. The molecule has 2 aliphatic rings. The van der Waals surface area contributed by atoms with Crippen LogP contribution in [-0.4, -0.2) is 40.2 Å². The Balaban J connectivity index is 1.40. The zero-order valence-electron chi connectivity index (χ0n) is 13.1. The standard InChI is InChI=1S/C17H25N3O2/c21-17(9-8-14-5-2-1-3-6-14)20-12-10-15(13-20)22-16-7-4-11-18-19-16/h4,7,11,14-15H,1-3,5-6,8-10,12-13H2. The first-order valence-corrected chi connectivity index (χ1v) is 8.53. The van der Waals surface area contributed by atoms with Gasteiger partial charge in [0.1, 0.15) is 6.10 Å². The largest absolute Gasteiger partial charge is 0.471 e. The van der Waals surface area contributed by atoms with Crippen molar-refractivity contribution in [1.82, 2.24) is 15.1 Å². The van der Waals surface area contributed by atoms with Crippen LogP contribution in [0, 0.1) is 5.92 Å². The van der Waals surface area contributed by atoms with Gasteiger partial charge in [-0.15, -0.1) is 5.10 Å². The quantitative estimate of drug-likeness (QED) is 0.839. The van der Waals surface area contributed by atoms with Crippen LogP contribution in [0.5, 0.6) is 5.88 Å². The number of rotatable bonds is 5. The summed E-state index contributed by atoms with van der Waals surface area (Å²) in [6.45, 7) is 1.48. The number of likely N-dealkylation sites (tertiary alicyclic amines) is 1. The Bertz CT molecular complexity index is 474. The molecule has 0 radical (unpaired) electrons. The van der Waals surface area contributed by atoms with Gasteiger partial charge >= 0.3 is 0 Å². The molecule has 1 aliphatic heterocycles. The first kappa shape index (κ1) is 15.3. The molecule has 0 aromatic carbocycles. The molecule has 1 saturated heterocycles. The van der Waals surface area contributed by atoms with Gasteiger partial charge in [0.25, 0.3) is 0 Å². The fourth-order valence-corrected chi connectivity index (χ4v) is 3.53. The second-order valence-corrected chi connectivity index (χ2v) is 6.47. The van der Waals surface area contributed by atoms with Crippen molar-refractivity contribution in [3.63, 3.8) is 0 Å². The highest BCUT2D eigenvalue weighted by Gasteiger charge is 2.28. The summed E-state index contributed by atoms with van der Waals surface area (Å²) in [4.78, 5) is 14.3. The van der Waals surface area contributed by atoms with Crippen LogP contribution in [0.3, 0.4) is 0 Å². The van der Waals surface area contributed by atoms with Crippen molar-refractivity contribution in [2.45, 2.75) is 57.5 Å². The van der Waals surface area contributed by atoms with E-state index in [2.05, 4.69) is 10.2 Å². The molecule has 0 N–H and O–H groups in total. The molecule has 1 unspecified atom stereocenters. The second-order valence-electron chi connectivity index (χ2n) is 6.47. The number of hydrogen-bond acceptors (Lipinski definition) is 4. The van der Waals surface area contributed by atoms with E-state index in [-0.39, 0.29) is 12.0 Å². The van der Waals surface area contributed by atoms with E-state index in [4.69, 9.17) is 4.74 Å². The predicted octanol–water partition coefficient (Wildman–Crippen LogP) is 2.82. The number of carbonyl (C=O) groups excluding carboxylic acids is 1. The number of aromatic nitrogens is 2. The predicted molar refractivity (Wildman–Crippen MR) is 83.5 cm³/mol. The molecule has 22 heavy (non-hydrogen) atoms. The van der Waals surface area contributed by atoms with Crippen LogP contribution in [0.1, 0.15) is 51.4 Å². The molecule has 0 bridgehead atoms. The summed E-state index contributed by atoms with van der Waals surface area (Å²) in [5.74, 6) is 1.60. The van der Waals surface area contributed by atoms with Crippen LogP contribution < -0.4 is 4.74 Å². The van der Waals surface area contributed by atoms with Crippen LogP contribution in [0.25, 0.3) is 0 Å². The molecule has 1 amide bonds. The summed E-state index contributed by atoms with van der Waals surface area (Å²) in [6.07, 6.45) is 11.0. The number of ether oxygens (including phenoxy) is 1. The molecule has 1 saturated carbocycles. The highest BCUT2D eigenvalue weighted by Crippen LogP contribution is 2.28. The molecule has 2 heterocycles. The maximum absolute atomic E-state index is 12.3. The summed E-state index contributed by atoms with van der Waals surface area (Å²) >= 11 is 0. The molecule has 1 aliphatic carbocycles. The highest BCUT2D eigenvalue weighted by molar-refractivity contribution is 5.76. The number of nitrogens with zero attached hydrogens (tertiary/aromatic N) is 3. The smallest absolute Gasteiger partial charge is 0.233 e. The SMILES string of the molecule is O=C(CCC1CCCCC1)N1CCC(Oc2cccnn2)C1. The van der Waals surface area contributed by atoms with Crippen LogP contribution in [0.4, 0.5) is 0 Å². The molecule has 5 nitrogen and oxygen atoms in total. The fraction of sp³-hybridized carbons (Fsp3) is 0.706. The third-order valence-corrected chi connectivity index (χ3v) is 4.82. The molecule has 2 fully saturated rings. The molecular weight excluding hydrogens is 278 g/mol. The lowest BCUT2D eigenvalue weighted by Gasteiger charge is -2.22. The summed E-state index contributed by atoms with van der Waals surface area (Å²) in [5, 5.41) is 7.74. The third-order valence-electron chi connectivity index (χ3n) is 4.82. The lowest BCUT2D eigenvalue weighted by Crippen LogP contribution is -2.31. The lowest BCUT2D eigenvalue weighted by atomic mass is 9.86. The van der Waals surface area contributed by atoms with Crippen LogP contribution in [-0.2, 0) is 4.79 Å². The maximum Gasteiger partial charge on any atom is 0.233 e. The van der Waals surface area contributed by atoms with Crippen LogP contribution >= 0.6 is 0 Å². The van der Waals surface area contributed by atoms with Gasteiger partial charge in [0, 0.05) is 31.6 Å².